The van der Waals surface area contributed by atoms with E-state index in [1.807, 2.05) is 37.2 Å². The van der Waals surface area contributed by atoms with Crippen LogP contribution < -0.4 is 5.32 Å². The Kier molecular flexibility index (Phi) is 4.56. The third-order valence-corrected chi connectivity index (χ3v) is 3.44. The summed E-state index contributed by atoms with van der Waals surface area (Å²) in [5, 5.41) is 12.5. The molecule has 1 amide bonds. The number of aliphatic hydroxyl groups excluding tert-OH is 1. The summed E-state index contributed by atoms with van der Waals surface area (Å²) in [7, 11) is 3.80. The molecular weight excluding hydrogens is 240 g/mol. The van der Waals surface area contributed by atoms with Gasteiger partial charge in [-0.05, 0) is 32.0 Å². The minimum Gasteiger partial charge on any atom is -0.390 e. The predicted molar refractivity (Wildman–Crippen MR) is 74.9 cm³/mol. The highest BCUT2D eigenvalue weighted by atomic mass is 16.3. The van der Waals surface area contributed by atoms with E-state index in [4.69, 9.17) is 0 Å². The van der Waals surface area contributed by atoms with Crippen molar-refractivity contribution in [3.8, 4) is 0 Å². The normalized spacial score (nSPS) is 23.2. The van der Waals surface area contributed by atoms with Gasteiger partial charge in [0.25, 0.3) is 0 Å². The van der Waals surface area contributed by atoms with E-state index in [-0.39, 0.29) is 11.8 Å². The van der Waals surface area contributed by atoms with Gasteiger partial charge in [0.2, 0.25) is 5.91 Å². The average molecular weight is 262 g/mol. The third-order valence-electron chi connectivity index (χ3n) is 3.44. The molecule has 104 valence electrons. The van der Waals surface area contributed by atoms with Crippen molar-refractivity contribution in [3.05, 3.63) is 35.9 Å². The highest BCUT2D eigenvalue weighted by Crippen LogP contribution is 2.47. The van der Waals surface area contributed by atoms with Crippen LogP contribution in [0.15, 0.2) is 30.3 Å². The molecule has 3 unspecified atom stereocenters. The number of nitrogens with zero attached hydrogens (tertiary/aromatic N) is 1. The van der Waals surface area contributed by atoms with Crippen LogP contribution in [0.3, 0.4) is 0 Å². The molecule has 0 aromatic heterocycles. The summed E-state index contributed by atoms with van der Waals surface area (Å²) in [6, 6.07) is 10.1. The zero-order valence-corrected chi connectivity index (χ0v) is 11.5. The lowest BCUT2D eigenvalue weighted by Gasteiger charge is -2.16. The standard InChI is InChI=1S/C15H22N2O2/c1-17(2)10-12(18)9-16-15(19)14-8-13(14)11-6-4-3-5-7-11/h3-7,12-14,18H,8-10H2,1-2H3,(H,16,19). The fourth-order valence-electron chi connectivity index (χ4n) is 2.39. The average Bonchev–Trinajstić information content (AvgIpc) is 3.16. The SMILES string of the molecule is CN(C)CC(O)CNC(=O)C1CC1c1ccccc1. The molecule has 1 aromatic carbocycles. The Hall–Kier alpha value is -1.39. The van der Waals surface area contributed by atoms with Crippen LogP contribution in [-0.2, 0) is 4.79 Å². The molecule has 3 atom stereocenters. The predicted octanol–water partition coefficient (Wildman–Crippen LogP) is 0.829. The number of carbonyl (C=O) groups excluding carboxylic acids is 1. The minimum atomic E-state index is -0.507. The molecule has 0 spiro atoms. The van der Waals surface area contributed by atoms with Gasteiger partial charge in [-0.25, -0.2) is 0 Å². The number of carbonyl (C=O) groups is 1. The van der Waals surface area contributed by atoms with Crippen LogP contribution in [0.2, 0.25) is 0 Å². The highest BCUT2D eigenvalue weighted by Gasteiger charge is 2.43. The van der Waals surface area contributed by atoms with Gasteiger partial charge in [0, 0.05) is 19.0 Å². The largest absolute Gasteiger partial charge is 0.390 e. The van der Waals surface area contributed by atoms with Crippen molar-refractivity contribution in [1.29, 1.82) is 0 Å². The lowest BCUT2D eigenvalue weighted by Crippen LogP contribution is -2.38. The smallest absolute Gasteiger partial charge is 0.223 e. The number of aliphatic hydroxyl groups is 1. The van der Waals surface area contributed by atoms with E-state index in [0.29, 0.717) is 19.0 Å². The van der Waals surface area contributed by atoms with Gasteiger partial charge >= 0.3 is 0 Å². The number of hydrogen-bond acceptors (Lipinski definition) is 3. The van der Waals surface area contributed by atoms with E-state index >= 15 is 0 Å². The molecule has 0 heterocycles. The quantitative estimate of drug-likeness (QED) is 0.798. The van der Waals surface area contributed by atoms with Crippen LogP contribution >= 0.6 is 0 Å². The first-order valence-corrected chi connectivity index (χ1v) is 6.73. The fourth-order valence-corrected chi connectivity index (χ4v) is 2.39. The monoisotopic (exact) mass is 262 g/mol. The summed E-state index contributed by atoms with van der Waals surface area (Å²) < 4.78 is 0. The van der Waals surface area contributed by atoms with Crippen molar-refractivity contribution in [2.24, 2.45) is 5.92 Å². The van der Waals surface area contributed by atoms with Gasteiger partial charge in [0.05, 0.1) is 6.10 Å². The molecule has 19 heavy (non-hydrogen) atoms. The van der Waals surface area contributed by atoms with Gasteiger partial charge in [0.1, 0.15) is 0 Å². The van der Waals surface area contributed by atoms with Crippen molar-refractivity contribution in [3.63, 3.8) is 0 Å². The molecular formula is C15H22N2O2. The molecule has 0 bridgehead atoms. The van der Waals surface area contributed by atoms with Crippen molar-refractivity contribution in [2.45, 2.75) is 18.4 Å². The van der Waals surface area contributed by atoms with Gasteiger partial charge in [-0.2, -0.15) is 0 Å². The van der Waals surface area contributed by atoms with Crippen molar-refractivity contribution >= 4 is 5.91 Å². The number of benzene rings is 1. The Morgan fingerprint density at radius 1 is 1.42 bits per heavy atom. The Morgan fingerprint density at radius 2 is 2.11 bits per heavy atom. The third kappa shape index (κ3) is 4.04. The van der Waals surface area contributed by atoms with Gasteiger partial charge < -0.3 is 15.3 Å². The number of nitrogens with one attached hydrogen (secondary N) is 1. The number of hydrogen-bond donors (Lipinski definition) is 2. The first-order chi connectivity index (χ1) is 9.08. The Morgan fingerprint density at radius 3 is 2.74 bits per heavy atom. The second kappa shape index (κ2) is 6.17. The zero-order valence-electron chi connectivity index (χ0n) is 11.5. The molecule has 0 radical (unpaired) electrons. The van der Waals surface area contributed by atoms with Crippen molar-refractivity contribution in [2.75, 3.05) is 27.2 Å². The van der Waals surface area contributed by atoms with Crippen LogP contribution in [0.5, 0.6) is 0 Å². The number of rotatable bonds is 6. The zero-order chi connectivity index (χ0) is 13.8. The van der Waals surface area contributed by atoms with Crippen LogP contribution in [0, 0.1) is 5.92 Å². The van der Waals surface area contributed by atoms with Crippen LogP contribution in [-0.4, -0.2) is 49.2 Å². The van der Waals surface area contributed by atoms with Crippen molar-refractivity contribution < 1.29 is 9.90 Å². The molecule has 0 aliphatic heterocycles. The highest BCUT2D eigenvalue weighted by molar-refractivity contribution is 5.82. The fraction of sp³-hybridized carbons (Fsp3) is 0.533. The van der Waals surface area contributed by atoms with E-state index in [2.05, 4.69) is 17.4 Å². The lowest BCUT2D eigenvalue weighted by atomic mass is 10.1. The van der Waals surface area contributed by atoms with Crippen molar-refractivity contribution in [1.82, 2.24) is 10.2 Å². The Bertz CT molecular complexity index is 419. The Balaban J connectivity index is 1.74. The topological polar surface area (TPSA) is 52.6 Å². The summed E-state index contributed by atoms with van der Waals surface area (Å²) in [5.41, 5.74) is 1.23. The van der Waals surface area contributed by atoms with E-state index in [1.165, 1.54) is 5.56 Å². The van der Waals surface area contributed by atoms with E-state index in [1.54, 1.807) is 0 Å². The first-order valence-electron chi connectivity index (χ1n) is 6.73. The second-order valence-corrected chi connectivity index (χ2v) is 5.52. The maximum absolute atomic E-state index is 11.9. The molecule has 1 aromatic rings. The van der Waals surface area contributed by atoms with E-state index < -0.39 is 6.10 Å². The maximum Gasteiger partial charge on any atom is 0.223 e. The maximum atomic E-state index is 11.9. The molecule has 4 nitrogen and oxygen atoms in total. The molecule has 2 N–H and O–H groups in total. The van der Waals surface area contributed by atoms with Crippen LogP contribution in [0.25, 0.3) is 0 Å². The minimum absolute atomic E-state index is 0.0617. The van der Waals surface area contributed by atoms with Crippen LogP contribution in [0.1, 0.15) is 17.9 Å². The molecule has 4 heteroatoms. The van der Waals surface area contributed by atoms with Gasteiger partial charge in [-0.1, -0.05) is 30.3 Å². The summed E-state index contributed by atoms with van der Waals surface area (Å²) in [4.78, 5) is 13.8. The molecule has 1 fully saturated rings. The van der Waals surface area contributed by atoms with Gasteiger partial charge in [-0.15, -0.1) is 0 Å². The summed E-state index contributed by atoms with van der Waals surface area (Å²) in [5.74, 6) is 0.493. The first kappa shape index (κ1) is 14.0. The number of amides is 1. The van der Waals surface area contributed by atoms with E-state index in [0.717, 1.165) is 6.42 Å². The van der Waals surface area contributed by atoms with Gasteiger partial charge in [0.15, 0.2) is 0 Å². The summed E-state index contributed by atoms with van der Waals surface area (Å²) >= 11 is 0. The van der Waals surface area contributed by atoms with E-state index in [9.17, 15) is 9.90 Å². The second-order valence-electron chi connectivity index (χ2n) is 5.52. The molecule has 1 aliphatic rings. The summed E-state index contributed by atoms with van der Waals surface area (Å²) in [6.45, 7) is 0.891. The number of likely N-dealkylation sites (N-methyl/N-ethyl adjacent to an activating group) is 1. The molecule has 1 aliphatic carbocycles. The molecule has 2 rings (SSSR count). The van der Waals surface area contributed by atoms with Gasteiger partial charge in [-0.3, -0.25) is 4.79 Å². The van der Waals surface area contributed by atoms with Crippen LogP contribution in [0.4, 0.5) is 0 Å². The Labute approximate surface area is 114 Å². The lowest BCUT2D eigenvalue weighted by molar-refractivity contribution is -0.122. The molecule has 1 saturated carbocycles. The molecule has 0 saturated heterocycles. The summed E-state index contributed by atoms with van der Waals surface area (Å²) in [6.07, 6.45) is 0.410.